The minimum atomic E-state index is -0.458. The number of piperazine rings is 1. The van der Waals surface area contributed by atoms with E-state index in [0.717, 1.165) is 44.6 Å². The van der Waals surface area contributed by atoms with E-state index < -0.39 is 5.60 Å². The molecule has 2 saturated heterocycles. The second kappa shape index (κ2) is 11.2. The van der Waals surface area contributed by atoms with Gasteiger partial charge in [-0.15, -0.1) is 0 Å². The van der Waals surface area contributed by atoms with E-state index in [4.69, 9.17) is 9.47 Å². The zero-order chi connectivity index (χ0) is 24.0. The Kier molecular flexibility index (Phi) is 8.63. The predicted octanol–water partition coefficient (Wildman–Crippen LogP) is 4.61. The fourth-order valence-corrected chi connectivity index (χ4v) is 4.64. The lowest BCUT2D eigenvalue weighted by molar-refractivity contribution is 0.00762. The SMILES string of the molecule is CC(C)[C@H]1CN(C(=O)OCc2ccccc2)CCN1CC1CCN(C(=O)OC(C)(C)C)CC1. The first-order valence-corrected chi connectivity index (χ1v) is 12.3. The quantitative estimate of drug-likeness (QED) is 0.643. The fraction of sp³-hybridized carbons (Fsp3) is 0.692. The number of carbonyl (C=O) groups is 2. The standard InChI is InChI=1S/C26H41N3O4/c1-20(2)23-18-29(24(30)32-19-22-9-7-6-8-10-22)16-15-28(23)17-21-11-13-27(14-12-21)25(31)33-26(3,4)5/h6-10,20-21,23H,11-19H2,1-5H3/t23-/m1/s1. The van der Waals surface area contributed by atoms with Crippen molar-refractivity contribution in [1.29, 1.82) is 0 Å². The van der Waals surface area contributed by atoms with Gasteiger partial charge in [0.05, 0.1) is 0 Å². The van der Waals surface area contributed by atoms with Crippen molar-refractivity contribution in [3.63, 3.8) is 0 Å². The number of benzene rings is 1. The molecule has 0 aliphatic carbocycles. The summed E-state index contributed by atoms with van der Waals surface area (Å²) in [6.07, 6.45) is 1.55. The van der Waals surface area contributed by atoms with Gasteiger partial charge in [-0.05, 0) is 51.0 Å². The van der Waals surface area contributed by atoms with Gasteiger partial charge in [0, 0.05) is 45.3 Å². The fourth-order valence-electron chi connectivity index (χ4n) is 4.64. The lowest BCUT2D eigenvalue weighted by atomic mass is 9.93. The van der Waals surface area contributed by atoms with Gasteiger partial charge in [0.1, 0.15) is 12.2 Å². The Morgan fingerprint density at radius 1 is 0.970 bits per heavy atom. The van der Waals surface area contributed by atoms with E-state index in [1.807, 2.05) is 60.9 Å². The Morgan fingerprint density at radius 2 is 1.64 bits per heavy atom. The van der Waals surface area contributed by atoms with Crippen molar-refractivity contribution in [3.8, 4) is 0 Å². The first kappa shape index (κ1) is 25.3. The molecule has 0 N–H and O–H groups in total. The van der Waals surface area contributed by atoms with Crippen LogP contribution in [-0.4, -0.2) is 77.8 Å². The molecule has 0 aromatic heterocycles. The van der Waals surface area contributed by atoms with E-state index in [2.05, 4.69) is 18.7 Å². The molecule has 2 fully saturated rings. The van der Waals surface area contributed by atoms with Gasteiger partial charge in [0.15, 0.2) is 0 Å². The van der Waals surface area contributed by atoms with Gasteiger partial charge < -0.3 is 19.3 Å². The second-order valence-electron chi connectivity index (χ2n) is 10.7. The van der Waals surface area contributed by atoms with Crippen molar-refractivity contribution in [2.45, 2.75) is 65.7 Å². The Balaban J connectivity index is 1.47. The molecule has 184 valence electrons. The molecule has 1 atom stereocenters. The van der Waals surface area contributed by atoms with Gasteiger partial charge in [0.25, 0.3) is 0 Å². The van der Waals surface area contributed by atoms with Crippen LogP contribution >= 0.6 is 0 Å². The summed E-state index contributed by atoms with van der Waals surface area (Å²) in [4.78, 5) is 31.2. The van der Waals surface area contributed by atoms with E-state index >= 15 is 0 Å². The molecule has 2 aliphatic rings. The molecular formula is C26H41N3O4. The highest BCUT2D eigenvalue weighted by molar-refractivity contribution is 5.68. The third kappa shape index (κ3) is 7.63. The van der Waals surface area contributed by atoms with Gasteiger partial charge in [0.2, 0.25) is 0 Å². The smallest absolute Gasteiger partial charge is 0.410 e. The maximum absolute atomic E-state index is 12.7. The van der Waals surface area contributed by atoms with Gasteiger partial charge in [-0.3, -0.25) is 4.90 Å². The number of hydrogen-bond donors (Lipinski definition) is 0. The van der Waals surface area contributed by atoms with Gasteiger partial charge in [-0.1, -0.05) is 44.2 Å². The maximum Gasteiger partial charge on any atom is 0.410 e. The summed E-state index contributed by atoms with van der Waals surface area (Å²) >= 11 is 0. The molecular weight excluding hydrogens is 418 g/mol. The van der Waals surface area contributed by atoms with Crippen molar-refractivity contribution < 1.29 is 19.1 Å². The number of likely N-dealkylation sites (tertiary alicyclic amines) is 1. The third-order valence-corrected chi connectivity index (χ3v) is 6.53. The summed E-state index contributed by atoms with van der Waals surface area (Å²) in [5, 5.41) is 0. The van der Waals surface area contributed by atoms with Crippen molar-refractivity contribution in [2.24, 2.45) is 11.8 Å². The number of ether oxygens (including phenoxy) is 2. The molecule has 2 amide bonds. The average Bonchev–Trinajstić information content (AvgIpc) is 2.77. The van der Waals surface area contributed by atoms with Crippen molar-refractivity contribution in [1.82, 2.24) is 14.7 Å². The summed E-state index contributed by atoms with van der Waals surface area (Å²) in [5.41, 5.74) is 0.544. The molecule has 0 unspecified atom stereocenters. The lowest BCUT2D eigenvalue weighted by Crippen LogP contribution is -2.58. The number of rotatable bonds is 5. The molecule has 3 rings (SSSR count). The number of piperidine rings is 1. The maximum atomic E-state index is 12.7. The molecule has 0 saturated carbocycles. The normalized spacial score (nSPS) is 20.7. The summed E-state index contributed by atoms with van der Waals surface area (Å²) < 4.78 is 11.1. The molecule has 0 spiro atoms. The van der Waals surface area contributed by atoms with Crippen molar-refractivity contribution in [2.75, 3.05) is 39.3 Å². The first-order chi connectivity index (χ1) is 15.6. The molecule has 7 nitrogen and oxygen atoms in total. The Bertz CT molecular complexity index is 769. The average molecular weight is 460 g/mol. The van der Waals surface area contributed by atoms with Crippen LogP contribution in [0.25, 0.3) is 0 Å². The highest BCUT2D eigenvalue weighted by Gasteiger charge is 2.34. The largest absolute Gasteiger partial charge is 0.445 e. The summed E-state index contributed by atoms with van der Waals surface area (Å²) in [6.45, 7) is 15.2. The first-order valence-electron chi connectivity index (χ1n) is 12.3. The van der Waals surface area contributed by atoms with Crippen LogP contribution in [0.2, 0.25) is 0 Å². The highest BCUT2D eigenvalue weighted by Crippen LogP contribution is 2.25. The lowest BCUT2D eigenvalue weighted by Gasteiger charge is -2.45. The molecule has 33 heavy (non-hydrogen) atoms. The Morgan fingerprint density at radius 3 is 2.24 bits per heavy atom. The minimum Gasteiger partial charge on any atom is -0.445 e. The predicted molar refractivity (Wildman–Crippen MR) is 129 cm³/mol. The highest BCUT2D eigenvalue weighted by atomic mass is 16.6. The molecule has 1 aromatic carbocycles. The van der Waals surface area contributed by atoms with Crippen LogP contribution < -0.4 is 0 Å². The van der Waals surface area contributed by atoms with Crippen molar-refractivity contribution in [3.05, 3.63) is 35.9 Å². The van der Waals surface area contributed by atoms with Gasteiger partial charge >= 0.3 is 12.2 Å². The van der Waals surface area contributed by atoms with Gasteiger partial charge in [-0.2, -0.15) is 0 Å². The minimum absolute atomic E-state index is 0.205. The number of carbonyl (C=O) groups excluding carboxylic acids is 2. The summed E-state index contributed by atoms with van der Waals surface area (Å²) in [5.74, 6) is 0.998. The van der Waals surface area contributed by atoms with Crippen LogP contribution in [0.4, 0.5) is 9.59 Å². The van der Waals surface area contributed by atoms with Crippen LogP contribution in [0.5, 0.6) is 0 Å². The topological polar surface area (TPSA) is 62.3 Å². The zero-order valence-corrected chi connectivity index (χ0v) is 21.0. The molecule has 0 bridgehead atoms. The number of amides is 2. The van der Waals surface area contributed by atoms with Crippen LogP contribution in [-0.2, 0) is 16.1 Å². The molecule has 0 radical (unpaired) electrons. The van der Waals surface area contributed by atoms with Crippen LogP contribution in [0, 0.1) is 11.8 Å². The monoisotopic (exact) mass is 459 g/mol. The van der Waals surface area contributed by atoms with E-state index in [1.54, 1.807) is 0 Å². The second-order valence-corrected chi connectivity index (χ2v) is 10.7. The number of nitrogens with zero attached hydrogens (tertiary/aromatic N) is 3. The van der Waals surface area contributed by atoms with E-state index in [0.29, 0.717) is 37.6 Å². The van der Waals surface area contributed by atoms with E-state index in [9.17, 15) is 9.59 Å². The zero-order valence-electron chi connectivity index (χ0n) is 21.0. The summed E-state index contributed by atoms with van der Waals surface area (Å²) in [6, 6.07) is 10.1. The Hall–Kier alpha value is -2.28. The third-order valence-electron chi connectivity index (χ3n) is 6.53. The Labute approximate surface area is 199 Å². The molecule has 2 aliphatic heterocycles. The number of hydrogen-bond acceptors (Lipinski definition) is 5. The molecule has 2 heterocycles. The van der Waals surface area contributed by atoms with Crippen LogP contribution in [0.3, 0.4) is 0 Å². The van der Waals surface area contributed by atoms with E-state index in [-0.39, 0.29) is 12.2 Å². The summed E-state index contributed by atoms with van der Waals surface area (Å²) in [7, 11) is 0. The van der Waals surface area contributed by atoms with Crippen LogP contribution in [0.15, 0.2) is 30.3 Å². The van der Waals surface area contributed by atoms with Crippen molar-refractivity contribution >= 4 is 12.2 Å². The van der Waals surface area contributed by atoms with Crippen LogP contribution in [0.1, 0.15) is 53.0 Å². The van der Waals surface area contributed by atoms with E-state index in [1.165, 1.54) is 0 Å². The molecule has 1 aromatic rings. The molecule has 7 heteroatoms. The van der Waals surface area contributed by atoms with Gasteiger partial charge in [-0.25, -0.2) is 9.59 Å².